The number of aromatic nitrogens is 3. The Kier molecular flexibility index (Phi) is 2.98. The van der Waals surface area contributed by atoms with Gasteiger partial charge in [-0.25, -0.2) is 9.50 Å². The molecule has 5 heteroatoms. The molecule has 0 radical (unpaired) electrons. The number of rotatable bonds is 3. The zero-order valence-corrected chi connectivity index (χ0v) is 11.0. The summed E-state index contributed by atoms with van der Waals surface area (Å²) in [4.78, 5) is 4.18. The molecule has 0 aliphatic rings. The van der Waals surface area contributed by atoms with Crippen molar-refractivity contribution in [3.63, 3.8) is 0 Å². The van der Waals surface area contributed by atoms with Gasteiger partial charge in [0.1, 0.15) is 12.9 Å². The molecule has 0 spiro atoms. The number of fused-ring (bicyclic) bond motifs is 1. The third kappa shape index (κ3) is 2.22. The number of ether oxygens (including phenoxy) is 1. The van der Waals surface area contributed by atoms with Crippen molar-refractivity contribution >= 4 is 21.6 Å². The Labute approximate surface area is 112 Å². The van der Waals surface area contributed by atoms with Gasteiger partial charge in [-0.15, -0.1) is 0 Å². The van der Waals surface area contributed by atoms with Crippen LogP contribution in [0, 0.1) is 0 Å². The Morgan fingerprint density at radius 1 is 1.22 bits per heavy atom. The Morgan fingerprint density at radius 3 is 2.89 bits per heavy atom. The topological polar surface area (TPSA) is 39.4 Å². The molecule has 3 aromatic rings. The third-order valence-corrected chi connectivity index (χ3v) is 2.98. The highest BCUT2D eigenvalue weighted by Gasteiger charge is 2.06. The second-order valence-electron chi connectivity index (χ2n) is 3.83. The summed E-state index contributed by atoms with van der Waals surface area (Å²) in [7, 11) is 0. The van der Waals surface area contributed by atoms with E-state index in [2.05, 4.69) is 26.0 Å². The summed E-state index contributed by atoms with van der Waals surface area (Å²) in [6.07, 6.45) is 3.36. The molecule has 0 amide bonds. The van der Waals surface area contributed by atoms with Crippen LogP contribution in [0.25, 0.3) is 5.65 Å². The molecule has 0 unspecified atom stereocenters. The second kappa shape index (κ2) is 4.78. The fourth-order valence-corrected chi connectivity index (χ4v) is 2.11. The quantitative estimate of drug-likeness (QED) is 0.746. The minimum atomic E-state index is 0.514. The lowest BCUT2D eigenvalue weighted by atomic mass is 10.2. The number of hydrogen-bond donors (Lipinski definition) is 0. The van der Waals surface area contributed by atoms with E-state index in [9.17, 15) is 0 Å². The van der Waals surface area contributed by atoms with Gasteiger partial charge in [0.2, 0.25) is 0 Å². The van der Waals surface area contributed by atoms with Crippen molar-refractivity contribution in [1.29, 1.82) is 0 Å². The fourth-order valence-electron chi connectivity index (χ4n) is 1.71. The molecule has 0 saturated heterocycles. The molecule has 0 aliphatic heterocycles. The molecule has 0 bridgehead atoms. The van der Waals surface area contributed by atoms with E-state index >= 15 is 0 Å². The van der Waals surface area contributed by atoms with Gasteiger partial charge < -0.3 is 4.74 Å². The molecular formula is C13H10BrN3O. The second-order valence-corrected chi connectivity index (χ2v) is 4.74. The number of halogens is 1. The SMILES string of the molecule is Brc1cc(OCc2ccccc2)c2ncnn2c1. The van der Waals surface area contributed by atoms with Gasteiger partial charge in [-0.2, -0.15) is 5.10 Å². The van der Waals surface area contributed by atoms with Gasteiger partial charge in [0.25, 0.3) is 0 Å². The van der Waals surface area contributed by atoms with Gasteiger partial charge in [-0.05, 0) is 27.6 Å². The van der Waals surface area contributed by atoms with Crippen molar-refractivity contribution < 1.29 is 4.74 Å². The van der Waals surface area contributed by atoms with Crippen LogP contribution in [0.1, 0.15) is 5.56 Å². The lowest BCUT2D eigenvalue weighted by Gasteiger charge is -2.07. The predicted molar refractivity (Wildman–Crippen MR) is 71.5 cm³/mol. The molecule has 2 aromatic heterocycles. The maximum atomic E-state index is 5.79. The van der Waals surface area contributed by atoms with Crippen LogP contribution >= 0.6 is 15.9 Å². The highest BCUT2D eigenvalue weighted by molar-refractivity contribution is 9.10. The minimum absolute atomic E-state index is 0.514. The van der Waals surface area contributed by atoms with Crippen LogP contribution in [-0.2, 0) is 6.61 Å². The minimum Gasteiger partial charge on any atom is -0.485 e. The van der Waals surface area contributed by atoms with E-state index in [0.717, 1.165) is 10.0 Å². The Balaban J connectivity index is 1.88. The van der Waals surface area contributed by atoms with Gasteiger partial charge in [-0.1, -0.05) is 30.3 Å². The smallest absolute Gasteiger partial charge is 0.197 e. The molecule has 1 aromatic carbocycles. The summed E-state index contributed by atoms with van der Waals surface area (Å²) in [6.45, 7) is 0.514. The fraction of sp³-hybridized carbons (Fsp3) is 0.0769. The molecule has 0 atom stereocenters. The van der Waals surface area contributed by atoms with E-state index in [0.29, 0.717) is 18.0 Å². The molecule has 4 nitrogen and oxygen atoms in total. The molecule has 0 fully saturated rings. The van der Waals surface area contributed by atoms with Crippen LogP contribution in [-0.4, -0.2) is 14.6 Å². The first-order valence-electron chi connectivity index (χ1n) is 5.48. The van der Waals surface area contributed by atoms with E-state index < -0.39 is 0 Å². The Morgan fingerprint density at radius 2 is 2.06 bits per heavy atom. The Hall–Kier alpha value is -1.88. The van der Waals surface area contributed by atoms with Gasteiger partial charge >= 0.3 is 0 Å². The lowest BCUT2D eigenvalue weighted by Crippen LogP contribution is -1.98. The maximum Gasteiger partial charge on any atom is 0.197 e. The summed E-state index contributed by atoms with van der Waals surface area (Å²) in [5.74, 6) is 0.714. The van der Waals surface area contributed by atoms with Crippen molar-refractivity contribution in [2.45, 2.75) is 6.61 Å². The zero-order chi connectivity index (χ0) is 12.4. The van der Waals surface area contributed by atoms with E-state index in [1.54, 1.807) is 4.52 Å². The third-order valence-electron chi connectivity index (χ3n) is 2.55. The highest BCUT2D eigenvalue weighted by Crippen LogP contribution is 2.23. The van der Waals surface area contributed by atoms with Crippen molar-refractivity contribution in [2.75, 3.05) is 0 Å². The number of nitrogens with zero attached hydrogens (tertiary/aromatic N) is 3. The molecule has 0 saturated carbocycles. The first kappa shape index (κ1) is 11.2. The van der Waals surface area contributed by atoms with E-state index in [1.807, 2.05) is 42.6 Å². The summed E-state index contributed by atoms with van der Waals surface area (Å²) in [5.41, 5.74) is 1.84. The summed E-state index contributed by atoms with van der Waals surface area (Å²) in [6, 6.07) is 11.9. The van der Waals surface area contributed by atoms with Crippen molar-refractivity contribution in [3.05, 3.63) is 59.0 Å². The van der Waals surface area contributed by atoms with E-state index in [4.69, 9.17) is 4.74 Å². The van der Waals surface area contributed by atoms with Crippen LogP contribution in [0.3, 0.4) is 0 Å². The molecule has 2 heterocycles. The van der Waals surface area contributed by atoms with Crippen molar-refractivity contribution in [3.8, 4) is 5.75 Å². The van der Waals surface area contributed by atoms with Crippen LogP contribution in [0.5, 0.6) is 5.75 Å². The summed E-state index contributed by atoms with van der Waals surface area (Å²) >= 11 is 3.43. The molecular weight excluding hydrogens is 294 g/mol. The van der Waals surface area contributed by atoms with Crippen LogP contribution < -0.4 is 4.74 Å². The van der Waals surface area contributed by atoms with Gasteiger partial charge in [0.15, 0.2) is 11.4 Å². The zero-order valence-electron chi connectivity index (χ0n) is 9.45. The molecule has 0 N–H and O–H groups in total. The highest BCUT2D eigenvalue weighted by atomic mass is 79.9. The standard InChI is InChI=1S/C13H10BrN3O/c14-11-6-12(13-15-9-16-17(13)7-11)18-8-10-4-2-1-3-5-10/h1-7,9H,8H2. The molecule has 0 aliphatic carbocycles. The van der Waals surface area contributed by atoms with Gasteiger partial charge in [-0.3, -0.25) is 0 Å². The number of benzene rings is 1. The maximum absolute atomic E-state index is 5.79. The number of pyridine rings is 1. The average Bonchev–Trinajstić information content (AvgIpc) is 2.85. The summed E-state index contributed by atoms with van der Waals surface area (Å²) < 4.78 is 8.38. The normalized spacial score (nSPS) is 10.7. The predicted octanol–water partition coefficient (Wildman–Crippen LogP) is 3.07. The molecule has 18 heavy (non-hydrogen) atoms. The summed E-state index contributed by atoms with van der Waals surface area (Å²) in [5, 5.41) is 4.09. The Bertz CT molecular complexity index is 666. The van der Waals surface area contributed by atoms with Crippen molar-refractivity contribution in [2.24, 2.45) is 0 Å². The molecule has 3 rings (SSSR count). The van der Waals surface area contributed by atoms with Gasteiger partial charge in [0, 0.05) is 10.7 Å². The van der Waals surface area contributed by atoms with Crippen molar-refractivity contribution in [1.82, 2.24) is 14.6 Å². The monoisotopic (exact) mass is 303 g/mol. The first-order chi connectivity index (χ1) is 8.83. The lowest BCUT2D eigenvalue weighted by molar-refractivity contribution is 0.308. The van der Waals surface area contributed by atoms with Gasteiger partial charge in [0.05, 0.1) is 0 Å². The number of hydrogen-bond acceptors (Lipinski definition) is 3. The average molecular weight is 304 g/mol. The van der Waals surface area contributed by atoms with E-state index in [-0.39, 0.29) is 0 Å². The molecule has 90 valence electrons. The van der Waals surface area contributed by atoms with E-state index in [1.165, 1.54) is 6.33 Å². The first-order valence-corrected chi connectivity index (χ1v) is 6.28. The largest absolute Gasteiger partial charge is 0.485 e. The van der Waals surface area contributed by atoms with Crippen LogP contribution in [0.2, 0.25) is 0 Å². The van der Waals surface area contributed by atoms with Crippen LogP contribution in [0.15, 0.2) is 53.4 Å². The van der Waals surface area contributed by atoms with Crippen LogP contribution in [0.4, 0.5) is 0 Å².